The predicted molar refractivity (Wildman–Crippen MR) is 90.1 cm³/mol. The van der Waals surface area contributed by atoms with E-state index in [4.69, 9.17) is 15.2 Å². The normalized spacial score (nSPS) is 23.7. The lowest BCUT2D eigenvalue weighted by Gasteiger charge is -2.28. The van der Waals surface area contributed by atoms with Gasteiger partial charge in [0.1, 0.15) is 0 Å². The van der Waals surface area contributed by atoms with Crippen LogP contribution in [0.4, 0.5) is 0 Å². The zero-order valence-corrected chi connectivity index (χ0v) is 14.8. The zero-order chi connectivity index (χ0) is 15.4. The van der Waals surface area contributed by atoms with Gasteiger partial charge in [0.15, 0.2) is 11.5 Å². The quantitative estimate of drug-likeness (QED) is 0.855. The third-order valence-corrected chi connectivity index (χ3v) is 4.61. The van der Waals surface area contributed by atoms with Gasteiger partial charge in [0.2, 0.25) is 0 Å². The van der Waals surface area contributed by atoms with Crippen LogP contribution in [0.3, 0.4) is 0 Å². The van der Waals surface area contributed by atoms with Gasteiger partial charge in [-0.1, -0.05) is 13.3 Å². The third-order valence-electron chi connectivity index (χ3n) is 4.02. The highest BCUT2D eigenvalue weighted by molar-refractivity contribution is 9.10. The minimum Gasteiger partial charge on any atom is -0.493 e. The number of nitrogens with two attached hydrogens (primary N) is 1. The summed E-state index contributed by atoms with van der Waals surface area (Å²) < 4.78 is 12.7. The molecule has 0 saturated heterocycles. The first kappa shape index (κ1) is 16.6. The second-order valence-corrected chi connectivity index (χ2v) is 7.16. The van der Waals surface area contributed by atoms with Crippen molar-refractivity contribution in [1.82, 2.24) is 0 Å². The Balaban J connectivity index is 2.18. The highest BCUT2D eigenvalue weighted by atomic mass is 79.9. The third kappa shape index (κ3) is 4.62. The zero-order valence-electron chi connectivity index (χ0n) is 13.2. The summed E-state index contributed by atoms with van der Waals surface area (Å²) in [4.78, 5) is 0. The summed E-state index contributed by atoms with van der Waals surface area (Å²) in [6, 6.07) is 4.26. The molecule has 1 aliphatic carbocycles. The van der Waals surface area contributed by atoms with Crippen molar-refractivity contribution in [1.29, 1.82) is 0 Å². The monoisotopic (exact) mass is 355 g/mol. The molecule has 1 aromatic rings. The molecule has 118 valence electrons. The van der Waals surface area contributed by atoms with E-state index in [2.05, 4.69) is 28.9 Å². The maximum atomic E-state index is 6.24. The van der Waals surface area contributed by atoms with Gasteiger partial charge in [0.25, 0.3) is 0 Å². The smallest absolute Gasteiger partial charge is 0.175 e. The minimum atomic E-state index is 0.132. The van der Waals surface area contributed by atoms with Crippen molar-refractivity contribution in [3.63, 3.8) is 0 Å². The molecule has 1 aromatic carbocycles. The van der Waals surface area contributed by atoms with Gasteiger partial charge in [-0.15, -0.1) is 0 Å². The summed E-state index contributed by atoms with van der Waals surface area (Å²) in [7, 11) is 1.69. The van der Waals surface area contributed by atoms with E-state index in [1.807, 2.05) is 13.0 Å². The van der Waals surface area contributed by atoms with E-state index >= 15 is 0 Å². The van der Waals surface area contributed by atoms with E-state index in [-0.39, 0.29) is 6.04 Å². The van der Waals surface area contributed by atoms with Gasteiger partial charge in [0, 0.05) is 6.04 Å². The average Bonchev–Trinajstić information content (AvgIpc) is 2.41. The van der Waals surface area contributed by atoms with Crippen molar-refractivity contribution >= 4 is 15.9 Å². The summed E-state index contributed by atoms with van der Waals surface area (Å²) >= 11 is 3.62. The maximum Gasteiger partial charge on any atom is 0.175 e. The maximum absolute atomic E-state index is 6.24. The Labute approximate surface area is 136 Å². The first-order valence-corrected chi connectivity index (χ1v) is 8.57. The Morgan fingerprint density at radius 3 is 2.76 bits per heavy atom. The largest absolute Gasteiger partial charge is 0.493 e. The average molecular weight is 356 g/mol. The van der Waals surface area contributed by atoms with Crippen LogP contribution in [-0.2, 0) is 6.42 Å². The Hall–Kier alpha value is -0.740. The van der Waals surface area contributed by atoms with Gasteiger partial charge in [-0.3, -0.25) is 0 Å². The molecule has 4 heteroatoms. The fraction of sp³-hybridized carbons (Fsp3) is 0.647. The number of hydrogen-bond donors (Lipinski definition) is 1. The van der Waals surface area contributed by atoms with E-state index in [1.165, 1.54) is 12.8 Å². The Kier molecular flexibility index (Phi) is 5.94. The van der Waals surface area contributed by atoms with E-state index in [0.29, 0.717) is 6.10 Å². The second kappa shape index (κ2) is 7.50. The van der Waals surface area contributed by atoms with Gasteiger partial charge in [-0.05, 0) is 72.2 Å². The molecule has 1 saturated carbocycles. The molecule has 0 spiro atoms. The summed E-state index contributed by atoms with van der Waals surface area (Å²) in [5.41, 5.74) is 7.05. The fourth-order valence-electron chi connectivity index (χ4n) is 3.03. The summed E-state index contributed by atoms with van der Waals surface area (Å²) in [5, 5.41) is 0. The van der Waals surface area contributed by atoms with Crippen molar-refractivity contribution < 1.29 is 9.47 Å². The van der Waals surface area contributed by atoms with Gasteiger partial charge < -0.3 is 15.2 Å². The van der Waals surface area contributed by atoms with Crippen LogP contribution >= 0.6 is 15.9 Å². The molecule has 3 nitrogen and oxygen atoms in total. The van der Waals surface area contributed by atoms with Crippen LogP contribution in [0.1, 0.15) is 45.1 Å². The Bertz CT molecular complexity index is 476. The lowest BCUT2D eigenvalue weighted by molar-refractivity contribution is 0.124. The summed E-state index contributed by atoms with van der Waals surface area (Å²) in [5.74, 6) is 2.36. The predicted octanol–water partition coefficient (Wildman–Crippen LogP) is 4.30. The first-order chi connectivity index (χ1) is 9.99. The van der Waals surface area contributed by atoms with Crippen LogP contribution < -0.4 is 15.2 Å². The fourth-order valence-corrected chi connectivity index (χ4v) is 3.61. The molecule has 0 radical (unpaired) electrons. The molecule has 2 rings (SSSR count). The lowest BCUT2D eigenvalue weighted by Crippen LogP contribution is -2.24. The Morgan fingerprint density at radius 2 is 2.14 bits per heavy atom. The highest BCUT2D eigenvalue weighted by Gasteiger charge is 2.23. The number of methoxy groups -OCH3 is 1. The van der Waals surface area contributed by atoms with Crippen LogP contribution in [0.5, 0.6) is 11.5 Å². The van der Waals surface area contributed by atoms with Crippen molar-refractivity contribution in [2.24, 2.45) is 11.7 Å². The standard InChI is InChI=1S/C17H26BrNO2/c1-11-5-4-6-14(7-11)21-17-15(18)9-13(8-12(2)19)10-16(17)20-3/h9-12,14H,4-8,19H2,1-3H3. The van der Waals surface area contributed by atoms with Crippen LogP contribution in [0.2, 0.25) is 0 Å². The summed E-state index contributed by atoms with van der Waals surface area (Å²) in [6.07, 6.45) is 5.92. The van der Waals surface area contributed by atoms with Crippen LogP contribution in [0.15, 0.2) is 16.6 Å². The number of halogens is 1. The van der Waals surface area contributed by atoms with Gasteiger partial charge >= 0.3 is 0 Å². The minimum absolute atomic E-state index is 0.132. The number of rotatable bonds is 5. The van der Waals surface area contributed by atoms with Crippen LogP contribution in [0.25, 0.3) is 0 Å². The molecule has 3 atom stereocenters. The van der Waals surface area contributed by atoms with Crippen molar-refractivity contribution in [2.45, 2.75) is 58.1 Å². The molecule has 2 N–H and O–H groups in total. The van der Waals surface area contributed by atoms with Crippen molar-refractivity contribution in [2.75, 3.05) is 7.11 Å². The highest BCUT2D eigenvalue weighted by Crippen LogP contribution is 2.39. The van der Waals surface area contributed by atoms with Crippen molar-refractivity contribution in [3.05, 3.63) is 22.2 Å². The molecular formula is C17H26BrNO2. The molecule has 21 heavy (non-hydrogen) atoms. The van der Waals surface area contributed by atoms with E-state index in [1.54, 1.807) is 7.11 Å². The Morgan fingerprint density at radius 1 is 1.38 bits per heavy atom. The first-order valence-electron chi connectivity index (χ1n) is 7.78. The molecular weight excluding hydrogens is 330 g/mol. The number of ether oxygens (including phenoxy) is 2. The molecule has 0 heterocycles. The van der Waals surface area contributed by atoms with Gasteiger partial charge in [-0.25, -0.2) is 0 Å². The molecule has 1 aliphatic rings. The molecule has 0 amide bonds. The molecule has 1 fully saturated rings. The van der Waals surface area contributed by atoms with Crippen molar-refractivity contribution in [3.8, 4) is 11.5 Å². The van der Waals surface area contributed by atoms with E-state index in [9.17, 15) is 0 Å². The van der Waals surface area contributed by atoms with Gasteiger partial charge in [0.05, 0.1) is 17.7 Å². The van der Waals surface area contributed by atoms with E-state index < -0.39 is 0 Å². The van der Waals surface area contributed by atoms with Crippen LogP contribution in [-0.4, -0.2) is 19.3 Å². The number of benzene rings is 1. The molecule has 0 aliphatic heterocycles. The van der Waals surface area contributed by atoms with Crippen LogP contribution in [0, 0.1) is 5.92 Å². The second-order valence-electron chi connectivity index (χ2n) is 6.30. The summed E-state index contributed by atoms with van der Waals surface area (Å²) in [6.45, 7) is 4.31. The molecule has 0 aromatic heterocycles. The SMILES string of the molecule is COc1cc(CC(C)N)cc(Br)c1OC1CCCC(C)C1. The number of hydrogen-bond acceptors (Lipinski definition) is 3. The topological polar surface area (TPSA) is 44.5 Å². The van der Waals surface area contributed by atoms with Gasteiger partial charge in [-0.2, -0.15) is 0 Å². The van der Waals surface area contributed by atoms with E-state index in [0.717, 1.165) is 46.7 Å². The molecule has 0 bridgehead atoms. The molecule has 3 unspecified atom stereocenters. The lowest BCUT2D eigenvalue weighted by atomic mass is 9.89.